The van der Waals surface area contributed by atoms with E-state index < -0.39 is 5.97 Å². The molecule has 0 spiro atoms. The third-order valence-corrected chi connectivity index (χ3v) is 3.96. The van der Waals surface area contributed by atoms with Crippen molar-refractivity contribution in [2.24, 2.45) is 0 Å². The fourth-order valence-corrected chi connectivity index (χ4v) is 2.71. The maximum atomic E-state index is 10.7. The molecule has 0 fully saturated rings. The van der Waals surface area contributed by atoms with E-state index in [0.717, 1.165) is 4.90 Å². The number of carbonyl (C=O) groups is 1. The van der Waals surface area contributed by atoms with E-state index in [2.05, 4.69) is 0 Å². The van der Waals surface area contributed by atoms with Crippen LogP contribution in [0.5, 0.6) is 5.75 Å². The standard InChI is InChI=1S/C15H14ClNO3S/c16-11-3-6-13(17)14(9-11)21-8-7-20-12-4-1-10(2-5-12)15(18)19/h1-6,9H,7-8,17H2,(H,18,19). The van der Waals surface area contributed by atoms with Crippen LogP contribution in [0.15, 0.2) is 47.4 Å². The summed E-state index contributed by atoms with van der Waals surface area (Å²) in [4.78, 5) is 11.6. The van der Waals surface area contributed by atoms with Crippen molar-refractivity contribution >= 4 is 35.0 Å². The largest absolute Gasteiger partial charge is 0.493 e. The number of anilines is 1. The van der Waals surface area contributed by atoms with Crippen LogP contribution in [0.2, 0.25) is 5.02 Å². The van der Waals surface area contributed by atoms with Gasteiger partial charge in [-0.2, -0.15) is 0 Å². The van der Waals surface area contributed by atoms with Crippen LogP contribution in [-0.4, -0.2) is 23.4 Å². The first-order valence-corrected chi connectivity index (χ1v) is 7.56. The molecule has 21 heavy (non-hydrogen) atoms. The number of hydrogen-bond acceptors (Lipinski definition) is 4. The molecule has 0 atom stereocenters. The highest BCUT2D eigenvalue weighted by Gasteiger charge is 2.03. The number of hydrogen-bond donors (Lipinski definition) is 2. The number of benzene rings is 2. The molecule has 110 valence electrons. The quantitative estimate of drug-likeness (QED) is 0.480. The number of nitrogen functional groups attached to an aromatic ring is 1. The van der Waals surface area contributed by atoms with Gasteiger partial charge in [-0.15, -0.1) is 11.8 Å². The molecule has 3 N–H and O–H groups in total. The van der Waals surface area contributed by atoms with Gasteiger partial charge in [0.25, 0.3) is 0 Å². The van der Waals surface area contributed by atoms with Crippen molar-refractivity contribution in [3.63, 3.8) is 0 Å². The molecule has 0 amide bonds. The zero-order chi connectivity index (χ0) is 15.2. The summed E-state index contributed by atoms with van der Waals surface area (Å²) in [5.41, 5.74) is 6.78. The van der Waals surface area contributed by atoms with E-state index in [9.17, 15) is 4.79 Å². The Morgan fingerprint density at radius 3 is 2.62 bits per heavy atom. The first-order chi connectivity index (χ1) is 10.1. The van der Waals surface area contributed by atoms with Crippen LogP contribution < -0.4 is 10.5 Å². The molecule has 0 aliphatic rings. The van der Waals surface area contributed by atoms with E-state index in [-0.39, 0.29) is 5.56 Å². The molecule has 2 rings (SSSR count). The van der Waals surface area contributed by atoms with Gasteiger partial charge in [0.1, 0.15) is 5.75 Å². The number of nitrogens with two attached hydrogens (primary N) is 1. The van der Waals surface area contributed by atoms with Gasteiger partial charge in [-0.05, 0) is 42.5 Å². The summed E-state index contributed by atoms with van der Waals surface area (Å²) in [6, 6.07) is 11.7. The fraction of sp³-hybridized carbons (Fsp3) is 0.133. The lowest BCUT2D eigenvalue weighted by Crippen LogP contribution is -2.01. The molecule has 0 bridgehead atoms. The molecule has 0 aliphatic carbocycles. The number of rotatable bonds is 6. The van der Waals surface area contributed by atoms with Crippen LogP contribution in [0.3, 0.4) is 0 Å². The van der Waals surface area contributed by atoms with Gasteiger partial charge in [0.15, 0.2) is 0 Å². The second-order valence-corrected chi connectivity index (χ2v) is 5.78. The van der Waals surface area contributed by atoms with Crippen molar-refractivity contribution in [2.45, 2.75) is 4.90 Å². The predicted molar refractivity (Wildman–Crippen MR) is 85.5 cm³/mol. The molecule has 0 unspecified atom stereocenters. The molecule has 0 heterocycles. The Morgan fingerprint density at radius 1 is 1.24 bits per heavy atom. The van der Waals surface area contributed by atoms with E-state index in [4.69, 9.17) is 27.2 Å². The van der Waals surface area contributed by atoms with Crippen molar-refractivity contribution in [3.8, 4) is 5.75 Å². The van der Waals surface area contributed by atoms with E-state index >= 15 is 0 Å². The maximum Gasteiger partial charge on any atom is 0.335 e. The Balaban J connectivity index is 1.81. The number of ether oxygens (including phenoxy) is 1. The van der Waals surface area contributed by atoms with Crippen molar-refractivity contribution < 1.29 is 14.6 Å². The van der Waals surface area contributed by atoms with Gasteiger partial charge in [0, 0.05) is 21.4 Å². The number of carboxylic acid groups (broad SMARTS) is 1. The second-order valence-electron chi connectivity index (χ2n) is 4.21. The molecule has 4 nitrogen and oxygen atoms in total. The molecule has 0 saturated carbocycles. The van der Waals surface area contributed by atoms with Crippen molar-refractivity contribution in [1.29, 1.82) is 0 Å². The number of thioether (sulfide) groups is 1. The molecule has 2 aromatic rings. The van der Waals surface area contributed by atoms with Crippen LogP contribution in [-0.2, 0) is 0 Å². The van der Waals surface area contributed by atoms with Gasteiger partial charge >= 0.3 is 5.97 Å². The maximum absolute atomic E-state index is 10.7. The van der Waals surface area contributed by atoms with Crippen molar-refractivity contribution in [2.75, 3.05) is 18.1 Å². The summed E-state index contributed by atoms with van der Waals surface area (Å²) in [6.07, 6.45) is 0. The molecular formula is C15H14ClNO3S. The van der Waals surface area contributed by atoms with Gasteiger partial charge in [0.2, 0.25) is 0 Å². The Labute approximate surface area is 131 Å². The Morgan fingerprint density at radius 2 is 1.95 bits per heavy atom. The van der Waals surface area contributed by atoms with Crippen LogP contribution in [0.1, 0.15) is 10.4 Å². The highest BCUT2D eigenvalue weighted by atomic mass is 35.5. The molecule has 6 heteroatoms. The number of carboxylic acids is 1. The van der Waals surface area contributed by atoms with Crippen molar-refractivity contribution in [3.05, 3.63) is 53.1 Å². The molecule has 0 aliphatic heterocycles. The lowest BCUT2D eigenvalue weighted by atomic mass is 10.2. The fourth-order valence-electron chi connectivity index (χ4n) is 1.64. The Kier molecular flexibility index (Phi) is 5.36. The normalized spacial score (nSPS) is 10.3. The lowest BCUT2D eigenvalue weighted by Gasteiger charge is -2.08. The Bertz CT molecular complexity index is 631. The summed E-state index contributed by atoms with van der Waals surface area (Å²) in [6.45, 7) is 0.489. The summed E-state index contributed by atoms with van der Waals surface area (Å²) in [7, 11) is 0. The monoisotopic (exact) mass is 323 g/mol. The highest BCUT2D eigenvalue weighted by molar-refractivity contribution is 7.99. The van der Waals surface area contributed by atoms with Gasteiger partial charge in [-0.1, -0.05) is 11.6 Å². The number of halogens is 1. The summed E-state index contributed by atoms with van der Waals surface area (Å²) in [5.74, 6) is 0.402. The molecule has 0 radical (unpaired) electrons. The second kappa shape index (κ2) is 7.24. The van der Waals surface area contributed by atoms with E-state index in [1.54, 1.807) is 36.0 Å². The summed E-state index contributed by atoms with van der Waals surface area (Å²) >= 11 is 7.48. The van der Waals surface area contributed by atoms with Crippen LogP contribution in [0, 0.1) is 0 Å². The van der Waals surface area contributed by atoms with Gasteiger partial charge < -0.3 is 15.6 Å². The first kappa shape index (κ1) is 15.5. The van der Waals surface area contributed by atoms with E-state index in [1.165, 1.54) is 12.1 Å². The van der Waals surface area contributed by atoms with Gasteiger partial charge in [-0.3, -0.25) is 0 Å². The predicted octanol–water partition coefficient (Wildman–Crippen LogP) is 3.79. The SMILES string of the molecule is Nc1ccc(Cl)cc1SCCOc1ccc(C(=O)O)cc1. The average Bonchev–Trinajstić information content (AvgIpc) is 2.47. The van der Waals surface area contributed by atoms with Crippen LogP contribution in [0.25, 0.3) is 0 Å². The minimum absolute atomic E-state index is 0.239. The topological polar surface area (TPSA) is 72.5 Å². The third-order valence-electron chi connectivity index (χ3n) is 2.69. The highest BCUT2D eigenvalue weighted by Crippen LogP contribution is 2.28. The van der Waals surface area contributed by atoms with Gasteiger partial charge in [-0.25, -0.2) is 4.79 Å². The third kappa shape index (κ3) is 4.58. The average molecular weight is 324 g/mol. The smallest absolute Gasteiger partial charge is 0.335 e. The van der Waals surface area contributed by atoms with Gasteiger partial charge in [0.05, 0.1) is 12.2 Å². The first-order valence-electron chi connectivity index (χ1n) is 6.20. The molecule has 2 aromatic carbocycles. The minimum Gasteiger partial charge on any atom is -0.493 e. The van der Waals surface area contributed by atoms with Crippen LogP contribution in [0.4, 0.5) is 5.69 Å². The van der Waals surface area contributed by atoms with E-state index in [0.29, 0.717) is 28.8 Å². The zero-order valence-corrected chi connectivity index (χ0v) is 12.7. The Hall–Kier alpha value is -1.85. The molecule has 0 aromatic heterocycles. The molecular weight excluding hydrogens is 310 g/mol. The lowest BCUT2D eigenvalue weighted by molar-refractivity contribution is 0.0697. The van der Waals surface area contributed by atoms with Crippen LogP contribution >= 0.6 is 23.4 Å². The zero-order valence-electron chi connectivity index (χ0n) is 11.1. The molecule has 0 saturated heterocycles. The van der Waals surface area contributed by atoms with E-state index in [1.807, 2.05) is 6.07 Å². The van der Waals surface area contributed by atoms with Crippen molar-refractivity contribution in [1.82, 2.24) is 0 Å². The summed E-state index contributed by atoms with van der Waals surface area (Å²) in [5, 5.41) is 9.45. The summed E-state index contributed by atoms with van der Waals surface area (Å²) < 4.78 is 5.55. The minimum atomic E-state index is -0.950. The number of aromatic carboxylic acids is 1.